The molecule has 0 radical (unpaired) electrons. The molecular formula is C19H25NO3. The molecule has 2 bridgehead atoms. The first-order valence-corrected chi connectivity index (χ1v) is 8.44. The molecule has 1 aliphatic heterocycles. The van der Waals surface area contributed by atoms with E-state index in [0.717, 1.165) is 30.5 Å². The molecule has 0 spiro atoms. The van der Waals surface area contributed by atoms with Gasteiger partial charge in [0, 0.05) is 22.9 Å². The van der Waals surface area contributed by atoms with E-state index in [1.165, 1.54) is 5.56 Å². The van der Waals surface area contributed by atoms with Crippen LogP contribution in [0.4, 0.5) is 0 Å². The number of rotatable bonds is 1. The number of aliphatic hydroxyl groups excluding tert-OH is 1. The number of hydrogen-bond acceptors (Lipinski definition) is 4. The average Bonchev–Trinajstić information content (AvgIpc) is 2.53. The van der Waals surface area contributed by atoms with Crippen molar-refractivity contribution in [2.75, 3.05) is 20.7 Å². The Morgan fingerprint density at radius 3 is 2.87 bits per heavy atom. The largest absolute Gasteiger partial charge is 0.507 e. The number of phenolic OH excluding ortho intramolecular Hbond substituents is 1. The Morgan fingerprint density at radius 1 is 1.35 bits per heavy atom. The molecule has 0 saturated carbocycles. The minimum atomic E-state index is -0.592. The van der Waals surface area contributed by atoms with E-state index in [-0.39, 0.29) is 11.3 Å². The highest BCUT2D eigenvalue weighted by molar-refractivity contribution is 5.54. The summed E-state index contributed by atoms with van der Waals surface area (Å²) in [5.41, 5.74) is 3.06. The van der Waals surface area contributed by atoms with Crippen LogP contribution in [0.5, 0.6) is 5.75 Å². The first-order chi connectivity index (χ1) is 11.0. The Balaban J connectivity index is 1.96. The second kappa shape index (κ2) is 4.99. The molecule has 1 fully saturated rings. The van der Waals surface area contributed by atoms with Gasteiger partial charge in [-0.05, 0) is 57.0 Å². The number of fused-ring (bicyclic) bond motifs is 1. The van der Waals surface area contributed by atoms with Crippen molar-refractivity contribution in [2.24, 2.45) is 5.92 Å². The van der Waals surface area contributed by atoms with E-state index in [2.05, 4.69) is 24.1 Å². The second-order valence-corrected chi connectivity index (χ2v) is 7.44. The summed E-state index contributed by atoms with van der Waals surface area (Å²) in [4.78, 5) is 2.42. The van der Waals surface area contributed by atoms with Gasteiger partial charge < -0.3 is 19.8 Å². The number of methoxy groups -OCH3 is 1. The third-order valence-electron chi connectivity index (χ3n) is 6.39. The molecule has 2 aliphatic carbocycles. The molecule has 4 nitrogen and oxygen atoms in total. The van der Waals surface area contributed by atoms with Crippen molar-refractivity contribution in [2.45, 2.75) is 43.7 Å². The molecule has 4 heteroatoms. The summed E-state index contributed by atoms with van der Waals surface area (Å²) in [5.74, 6) is 1.39. The molecule has 124 valence electrons. The van der Waals surface area contributed by atoms with E-state index < -0.39 is 6.10 Å². The lowest BCUT2D eigenvalue weighted by atomic mass is 9.53. The highest BCUT2D eigenvalue weighted by Gasteiger charge is 2.56. The first kappa shape index (κ1) is 15.0. The number of aliphatic hydroxyl groups is 1. The summed E-state index contributed by atoms with van der Waals surface area (Å²) in [7, 11) is 3.81. The maximum atomic E-state index is 10.8. The fourth-order valence-corrected chi connectivity index (χ4v) is 5.16. The molecule has 3 aliphatic rings. The second-order valence-electron chi connectivity index (χ2n) is 7.44. The van der Waals surface area contributed by atoms with E-state index in [1.54, 1.807) is 7.11 Å². The lowest BCUT2D eigenvalue weighted by molar-refractivity contribution is -0.00369. The number of likely N-dealkylation sites (N-methyl/N-ethyl adjacent to an activating group) is 1. The molecule has 1 saturated heterocycles. The predicted octanol–water partition coefficient (Wildman–Crippen LogP) is 2.11. The summed E-state index contributed by atoms with van der Waals surface area (Å²) in [5, 5.41) is 21.4. The van der Waals surface area contributed by atoms with Crippen LogP contribution in [0, 0.1) is 12.8 Å². The predicted molar refractivity (Wildman–Crippen MR) is 88.5 cm³/mol. The molecule has 1 heterocycles. The van der Waals surface area contributed by atoms with Gasteiger partial charge in [0.2, 0.25) is 0 Å². The SMILES string of the molecule is COC1=C[C@@H]2[C@@H]3Cc4ccc(C)c(O)c4[C@]2(CCN3C)CC1O. The molecule has 1 aromatic rings. The molecule has 23 heavy (non-hydrogen) atoms. The standard InChI is InChI=1S/C19H25NO3/c1-11-4-5-12-8-14-13-9-16(23-3)15(21)10-19(13,6-7-20(14)2)17(12)18(11)22/h4-5,9,13-15,21-22H,6-8,10H2,1-3H3/t13-,14+,15?,19-/m1/s1. The van der Waals surface area contributed by atoms with E-state index in [1.807, 2.05) is 13.0 Å². The third-order valence-corrected chi connectivity index (χ3v) is 6.39. The van der Waals surface area contributed by atoms with Gasteiger partial charge in [-0.3, -0.25) is 0 Å². The van der Waals surface area contributed by atoms with E-state index >= 15 is 0 Å². The van der Waals surface area contributed by atoms with Gasteiger partial charge in [-0.15, -0.1) is 0 Å². The number of nitrogens with zero attached hydrogens (tertiary/aromatic N) is 1. The van der Waals surface area contributed by atoms with Crippen molar-refractivity contribution < 1.29 is 14.9 Å². The van der Waals surface area contributed by atoms with Crippen LogP contribution in [0.3, 0.4) is 0 Å². The van der Waals surface area contributed by atoms with Gasteiger partial charge in [-0.25, -0.2) is 0 Å². The normalized spacial score (nSPS) is 36.0. The fraction of sp³-hybridized carbons (Fsp3) is 0.579. The average molecular weight is 315 g/mol. The Hall–Kier alpha value is -1.52. The highest BCUT2D eigenvalue weighted by Crippen LogP contribution is 2.57. The molecule has 0 aromatic heterocycles. The summed E-state index contributed by atoms with van der Waals surface area (Å²) in [6.07, 6.45) is 4.06. The number of phenols is 1. The number of piperidine rings is 1. The van der Waals surface area contributed by atoms with Gasteiger partial charge in [-0.1, -0.05) is 12.1 Å². The van der Waals surface area contributed by atoms with Crippen molar-refractivity contribution in [3.63, 3.8) is 0 Å². The highest BCUT2D eigenvalue weighted by atomic mass is 16.5. The quantitative estimate of drug-likeness (QED) is 0.833. The Labute approximate surface area is 137 Å². The molecule has 4 atom stereocenters. The van der Waals surface area contributed by atoms with Crippen molar-refractivity contribution in [1.29, 1.82) is 0 Å². The zero-order valence-electron chi connectivity index (χ0n) is 14.0. The lowest BCUT2D eigenvalue weighted by Crippen LogP contribution is -2.60. The van der Waals surface area contributed by atoms with Crippen LogP contribution in [0.1, 0.15) is 29.5 Å². The van der Waals surface area contributed by atoms with Crippen molar-refractivity contribution >= 4 is 0 Å². The van der Waals surface area contributed by atoms with Crippen LogP contribution in [-0.2, 0) is 16.6 Å². The monoisotopic (exact) mass is 315 g/mol. The number of aryl methyl sites for hydroxylation is 1. The van der Waals surface area contributed by atoms with Gasteiger partial charge in [-0.2, -0.15) is 0 Å². The molecule has 1 unspecified atom stereocenters. The minimum Gasteiger partial charge on any atom is -0.507 e. The summed E-state index contributed by atoms with van der Waals surface area (Å²) >= 11 is 0. The maximum Gasteiger partial charge on any atom is 0.122 e. The molecule has 2 N–H and O–H groups in total. The number of ether oxygens (including phenoxy) is 1. The van der Waals surface area contributed by atoms with E-state index in [4.69, 9.17) is 4.74 Å². The van der Waals surface area contributed by atoms with Crippen LogP contribution in [0.25, 0.3) is 0 Å². The van der Waals surface area contributed by atoms with Gasteiger partial charge in [0.1, 0.15) is 17.6 Å². The Kier molecular flexibility index (Phi) is 3.26. The van der Waals surface area contributed by atoms with Crippen LogP contribution in [0.15, 0.2) is 24.0 Å². The molecular weight excluding hydrogens is 290 g/mol. The molecule has 1 aromatic carbocycles. The Bertz CT molecular complexity index is 683. The summed E-state index contributed by atoms with van der Waals surface area (Å²) in [6.45, 7) is 2.95. The van der Waals surface area contributed by atoms with Crippen LogP contribution in [-0.4, -0.2) is 48.0 Å². The third kappa shape index (κ3) is 1.91. The van der Waals surface area contributed by atoms with Crippen molar-refractivity contribution in [1.82, 2.24) is 4.90 Å². The molecule has 0 amide bonds. The van der Waals surface area contributed by atoms with Crippen LogP contribution < -0.4 is 0 Å². The number of benzene rings is 1. The Morgan fingerprint density at radius 2 is 2.13 bits per heavy atom. The number of likely N-dealkylation sites (tertiary alicyclic amines) is 1. The minimum absolute atomic E-state index is 0.178. The van der Waals surface area contributed by atoms with Gasteiger partial charge in [0.05, 0.1) is 7.11 Å². The van der Waals surface area contributed by atoms with Crippen LogP contribution in [0.2, 0.25) is 0 Å². The first-order valence-electron chi connectivity index (χ1n) is 8.44. The topological polar surface area (TPSA) is 52.9 Å². The number of aromatic hydroxyl groups is 1. The van der Waals surface area contributed by atoms with Gasteiger partial charge in [0.25, 0.3) is 0 Å². The van der Waals surface area contributed by atoms with Crippen molar-refractivity contribution in [3.8, 4) is 5.75 Å². The zero-order valence-corrected chi connectivity index (χ0v) is 14.0. The van der Waals surface area contributed by atoms with Crippen LogP contribution >= 0.6 is 0 Å². The summed E-state index contributed by atoms with van der Waals surface area (Å²) < 4.78 is 5.42. The zero-order chi connectivity index (χ0) is 16.4. The van der Waals surface area contributed by atoms with Gasteiger partial charge in [0.15, 0.2) is 0 Å². The summed E-state index contributed by atoms with van der Waals surface area (Å²) in [6, 6.07) is 4.57. The maximum absolute atomic E-state index is 10.8. The number of hydrogen-bond donors (Lipinski definition) is 2. The van der Waals surface area contributed by atoms with E-state index in [9.17, 15) is 10.2 Å². The van der Waals surface area contributed by atoms with E-state index in [0.29, 0.717) is 24.0 Å². The molecule has 4 rings (SSSR count). The lowest BCUT2D eigenvalue weighted by Gasteiger charge is -2.57. The smallest absolute Gasteiger partial charge is 0.122 e. The van der Waals surface area contributed by atoms with Crippen molar-refractivity contribution in [3.05, 3.63) is 40.7 Å². The van der Waals surface area contributed by atoms with Gasteiger partial charge >= 0.3 is 0 Å². The fourth-order valence-electron chi connectivity index (χ4n) is 5.16.